The van der Waals surface area contributed by atoms with E-state index in [1.807, 2.05) is 0 Å². The van der Waals surface area contributed by atoms with Crippen molar-refractivity contribution in [2.24, 2.45) is 5.73 Å². The molecule has 0 heterocycles. The van der Waals surface area contributed by atoms with Crippen LogP contribution in [-0.4, -0.2) is 24.3 Å². The minimum absolute atomic E-state index is 0.123. The molecule has 0 rings (SSSR count). The van der Waals surface area contributed by atoms with E-state index in [9.17, 15) is 18.0 Å². The van der Waals surface area contributed by atoms with E-state index in [-0.39, 0.29) is 6.61 Å². The summed E-state index contributed by atoms with van der Waals surface area (Å²) in [7, 11) is 0. The van der Waals surface area contributed by atoms with Crippen LogP contribution in [0, 0.1) is 0 Å². The highest BCUT2D eigenvalue weighted by Crippen LogP contribution is 2.28. The van der Waals surface area contributed by atoms with Crippen LogP contribution < -0.4 is 5.73 Å². The van der Waals surface area contributed by atoms with Gasteiger partial charge in [-0.2, -0.15) is 13.2 Å². The molecule has 0 aliphatic heterocycles. The molecule has 0 saturated heterocycles. The minimum Gasteiger partial charge on any atom is -0.464 e. The molecule has 3 nitrogen and oxygen atoms in total. The van der Waals surface area contributed by atoms with E-state index in [0.717, 1.165) is 0 Å². The standard InChI is InChI=1S/C6H10F3NO2/c1-3-12-4(11)5(2,10)6(7,8)9/h3,10H2,1-2H3/t5-/m1/s1. The van der Waals surface area contributed by atoms with Gasteiger partial charge in [0.15, 0.2) is 0 Å². The summed E-state index contributed by atoms with van der Waals surface area (Å²) in [5.41, 5.74) is 1.81. The second kappa shape index (κ2) is 3.30. The summed E-state index contributed by atoms with van der Waals surface area (Å²) in [6.07, 6.45) is -4.78. The third kappa shape index (κ3) is 2.10. The molecule has 72 valence electrons. The van der Waals surface area contributed by atoms with E-state index in [4.69, 9.17) is 5.73 Å². The van der Waals surface area contributed by atoms with Crippen LogP contribution in [-0.2, 0) is 9.53 Å². The highest BCUT2D eigenvalue weighted by Gasteiger charge is 2.55. The molecule has 6 heteroatoms. The van der Waals surface area contributed by atoms with E-state index < -0.39 is 17.7 Å². The Bertz CT molecular complexity index is 176. The number of rotatable bonds is 2. The van der Waals surface area contributed by atoms with Gasteiger partial charge in [0.1, 0.15) is 0 Å². The van der Waals surface area contributed by atoms with Crippen molar-refractivity contribution in [3.8, 4) is 0 Å². The van der Waals surface area contributed by atoms with Gasteiger partial charge in [0.25, 0.3) is 0 Å². The van der Waals surface area contributed by atoms with Gasteiger partial charge in [-0.1, -0.05) is 0 Å². The van der Waals surface area contributed by atoms with Crippen LogP contribution >= 0.6 is 0 Å². The van der Waals surface area contributed by atoms with Gasteiger partial charge in [-0.3, -0.25) is 0 Å². The second-order valence-corrected chi connectivity index (χ2v) is 2.42. The molecule has 0 amide bonds. The summed E-state index contributed by atoms with van der Waals surface area (Å²) in [6, 6.07) is 0. The van der Waals surface area contributed by atoms with Gasteiger partial charge in [0, 0.05) is 0 Å². The molecule has 0 spiro atoms. The summed E-state index contributed by atoms with van der Waals surface area (Å²) >= 11 is 0. The zero-order chi connectivity index (χ0) is 9.99. The van der Waals surface area contributed by atoms with Gasteiger partial charge < -0.3 is 10.5 Å². The molecule has 0 aromatic heterocycles. The zero-order valence-corrected chi connectivity index (χ0v) is 6.73. The average Bonchev–Trinajstić information content (AvgIpc) is 1.85. The Labute approximate surface area is 67.7 Å². The SMILES string of the molecule is CCOC(=O)[C@@](C)(N)C(F)(F)F. The van der Waals surface area contributed by atoms with E-state index in [1.165, 1.54) is 6.92 Å². The van der Waals surface area contributed by atoms with Crippen LogP contribution in [0.15, 0.2) is 0 Å². The summed E-state index contributed by atoms with van der Waals surface area (Å²) in [4.78, 5) is 10.6. The molecular weight excluding hydrogens is 175 g/mol. The number of hydrogen-bond donors (Lipinski definition) is 1. The third-order valence-corrected chi connectivity index (χ3v) is 1.29. The maximum absolute atomic E-state index is 12.0. The van der Waals surface area contributed by atoms with Gasteiger partial charge in [-0.05, 0) is 13.8 Å². The predicted molar refractivity (Wildman–Crippen MR) is 35.3 cm³/mol. The van der Waals surface area contributed by atoms with Crippen LogP contribution in [0.25, 0.3) is 0 Å². The Balaban J connectivity index is 4.50. The lowest BCUT2D eigenvalue weighted by atomic mass is 10.0. The molecule has 0 fully saturated rings. The smallest absolute Gasteiger partial charge is 0.416 e. The predicted octanol–water partition coefficient (Wildman–Crippen LogP) is 0.829. The Hall–Kier alpha value is -0.780. The molecule has 0 aromatic rings. The van der Waals surface area contributed by atoms with Crippen molar-refractivity contribution in [1.29, 1.82) is 0 Å². The first kappa shape index (κ1) is 11.2. The summed E-state index contributed by atoms with van der Waals surface area (Å²) in [5, 5.41) is 0. The summed E-state index contributed by atoms with van der Waals surface area (Å²) in [6.45, 7) is 1.86. The number of ether oxygens (including phenoxy) is 1. The Morgan fingerprint density at radius 3 is 2.17 bits per heavy atom. The third-order valence-electron chi connectivity index (χ3n) is 1.29. The van der Waals surface area contributed by atoms with Gasteiger partial charge in [-0.25, -0.2) is 4.79 Å². The molecule has 1 atom stereocenters. The summed E-state index contributed by atoms with van der Waals surface area (Å²) < 4.78 is 40.1. The Kier molecular flexibility index (Phi) is 3.09. The lowest BCUT2D eigenvalue weighted by Crippen LogP contribution is -2.57. The van der Waals surface area contributed by atoms with Crippen molar-refractivity contribution in [2.75, 3.05) is 6.61 Å². The van der Waals surface area contributed by atoms with E-state index in [1.54, 1.807) is 0 Å². The first-order valence-electron chi connectivity index (χ1n) is 3.26. The quantitative estimate of drug-likeness (QED) is 0.648. The van der Waals surface area contributed by atoms with Crippen molar-refractivity contribution in [3.63, 3.8) is 0 Å². The van der Waals surface area contributed by atoms with Gasteiger partial charge in [-0.15, -0.1) is 0 Å². The number of alkyl halides is 3. The van der Waals surface area contributed by atoms with Crippen molar-refractivity contribution >= 4 is 5.97 Å². The minimum atomic E-state index is -4.78. The highest BCUT2D eigenvalue weighted by molar-refractivity contribution is 5.81. The number of hydrogen-bond acceptors (Lipinski definition) is 3. The lowest BCUT2D eigenvalue weighted by Gasteiger charge is -2.24. The fourth-order valence-corrected chi connectivity index (χ4v) is 0.397. The fraction of sp³-hybridized carbons (Fsp3) is 0.833. The van der Waals surface area contributed by atoms with Crippen LogP contribution in [0.2, 0.25) is 0 Å². The monoisotopic (exact) mass is 185 g/mol. The number of esters is 1. The number of nitrogens with two attached hydrogens (primary N) is 1. The molecule has 2 N–H and O–H groups in total. The number of carbonyl (C=O) groups is 1. The number of carbonyl (C=O) groups excluding carboxylic acids is 1. The van der Waals surface area contributed by atoms with Crippen LogP contribution in [0.4, 0.5) is 13.2 Å². The second-order valence-electron chi connectivity index (χ2n) is 2.42. The molecule has 0 aromatic carbocycles. The Morgan fingerprint density at radius 1 is 1.50 bits per heavy atom. The van der Waals surface area contributed by atoms with Crippen molar-refractivity contribution in [3.05, 3.63) is 0 Å². The molecule has 12 heavy (non-hydrogen) atoms. The van der Waals surface area contributed by atoms with Gasteiger partial charge in [0.05, 0.1) is 6.61 Å². The molecule has 0 radical (unpaired) electrons. The molecule has 0 unspecified atom stereocenters. The van der Waals surface area contributed by atoms with Crippen molar-refractivity contribution in [2.45, 2.75) is 25.6 Å². The Morgan fingerprint density at radius 2 is 1.92 bits per heavy atom. The molecule has 0 bridgehead atoms. The molecule has 0 aliphatic carbocycles. The van der Waals surface area contributed by atoms with Crippen molar-refractivity contribution < 1.29 is 22.7 Å². The average molecular weight is 185 g/mol. The maximum Gasteiger partial charge on any atom is 0.416 e. The van der Waals surface area contributed by atoms with Crippen LogP contribution in [0.5, 0.6) is 0 Å². The van der Waals surface area contributed by atoms with Crippen LogP contribution in [0.1, 0.15) is 13.8 Å². The largest absolute Gasteiger partial charge is 0.464 e. The topological polar surface area (TPSA) is 52.3 Å². The first-order chi connectivity index (χ1) is 5.23. The van der Waals surface area contributed by atoms with E-state index in [0.29, 0.717) is 6.92 Å². The normalized spacial score (nSPS) is 16.8. The van der Waals surface area contributed by atoms with Crippen molar-refractivity contribution in [1.82, 2.24) is 0 Å². The molecule has 0 saturated carbocycles. The van der Waals surface area contributed by atoms with E-state index >= 15 is 0 Å². The van der Waals surface area contributed by atoms with Gasteiger partial charge >= 0.3 is 12.1 Å². The first-order valence-corrected chi connectivity index (χ1v) is 3.26. The van der Waals surface area contributed by atoms with Crippen LogP contribution in [0.3, 0.4) is 0 Å². The van der Waals surface area contributed by atoms with Gasteiger partial charge in [0.2, 0.25) is 5.54 Å². The lowest BCUT2D eigenvalue weighted by molar-refractivity contribution is -0.201. The zero-order valence-electron chi connectivity index (χ0n) is 6.73. The van der Waals surface area contributed by atoms with E-state index in [2.05, 4.69) is 4.74 Å². The highest BCUT2D eigenvalue weighted by atomic mass is 19.4. The maximum atomic E-state index is 12.0. The molecular formula is C6H10F3NO2. The fourth-order valence-electron chi connectivity index (χ4n) is 0.397. The summed E-state index contributed by atoms with van der Waals surface area (Å²) in [5.74, 6) is -1.46. The number of halogens is 3. The molecule has 0 aliphatic rings.